The lowest BCUT2D eigenvalue weighted by molar-refractivity contribution is 0.669. The molecule has 0 atom stereocenters. The zero-order chi connectivity index (χ0) is 28.1. The van der Waals surface area contributed by atoms with Crippen LogP contribution in [0.15, 0.2) is 150 Å². The van der Waals surface area contributed by atoms with Gasteiger partial charge in [0.15, 0.2) is 0 Å². The first-order valence-electron chi connectivity index (χ1n) is 14.9. The van der Waals surface area contributed by atoms with Gasteiger partial charge in [-0.1, -0.05) is 121 Å². The van der Waals surface area contributed by atoms with E-state index in [-0.39, 0.29) is 0 Å². The number of rotatable bonds is 2. The van der Waals surface area contributed by atoms with E-state index >= 15 is 0 Å². The van der Waals surface area contributed by atoms with Crippen LogP contribution in [-0.4, -0.2) is 0 Å². The summed E-state index contributed by atoms with van der Waals surface area (Å²) in [5.41, 5.74) is 12.0. The largest absolute Gasteiger partial charge is 0.456 e. The highest BCUT2D eigenvalue weighted by Crippen LogP contribution is 2.50. The number of benzene rings is 8. The van der Waals surface area contributed by atoms with Gasteiger partial charge in [0.1, 0.15) is 11.2 Å². The summed E-state index contributed by atoms with van der Waals surface area (Å²) < 4.78 is 6.60. The minimum Gasteiger partial charge on any atom is -0.456 e. The van der Waals surface area contributed by atoms with E-state index < -0.39 is 0 Å². The van der Waals surface area contributed by atoms with Gasteiger partial charge in [0.05, 0.1) is 0 Å². The fourth-order valence-electron chi connectivity index (χ4n) is 7.55. The second-order valence-electron chi connectivity index (χ2n) is 11.6. The molecular formula is C42H24O. The third-order valence-corrected chi connectivity index (χ3v) is 9.41. The van der Waals surface area contributed by atoms with Crippen molar-refractivity contribution in [3.8, 4) is 44.5 Å². The lowest BCUT2D eigenvalue weighted by Gasteiger charge is -2.11. The van der Waals surface area contributed by atoms with Crippen molar-refractivity contribution in [3.63, 3.8) is 0 Å². The first kappa shape index (κ1) is 23.0. The SMILES string of the molecule is c1ccc2c(c1)-c1cccc3c(-c4cccc5oc6cc(-c7cc8ccccc8c8ccccc78)ccc6c45)ccc-2c13. The Kier molecular flexibility index (Phi) is 4.51. The van der Waals surface area contributed by atoms with E-state index in [9.17, 15) is 0 Å². The Morgan fingerprint density at radius 3 is 1.79 bits per heavy atom. The van der Waals surface area contributed by atoms with Crippen LogP contribution in [0, 0.1) is 0 Å². The van der Waals surface area contributed by atoms with Gasteiger partial charge < -0.3 is 4.42 Å². The molecule has 0 amide bonds. The maximum Gasteiger partial charge on any atom is 0.136 e. The van der Waals surface area contributed by atoms with Crippen molar-refractivity contribution >= 4 is 54.3 Å². The molecule has 0 saturated carbocycles. The Labute approximate surface area is 248 Å². The van der Waals surface area contributed by atoms with Gasteiger partial charge in [-0.25, -0.2) is 0 Å². The molecule has 0 fully saturated rings. The maximum absolute atomic E-state index is 6.60. The molecule has 0 radical (unpaired) electrons. The molecule has 1 heterocycles. The standard InChI is InChI=1S/C42H24O/c1-2-10-27-25(9-1)23-38(31-14-6-3-11-28(27)31)26-19-20-37-40(24-26)43-39-18-8-17-35(42(37)39)32-21-22-36-30-13-5-4-12-29(30)33-15-7-16-34(32)41(33)36/h1-24H. The van der Waals surface area contributed by atoms with Gasteiger partial charge in [0.2, 0.25) is 0 Å². The molecule has 0 N–H and O–H groups in total. The third-order valence-electron chi connectivity index (χ3n) is 9.41. The molecule has 1 aromatic heterocycles. The van der Waals surface area contributed by atoms with E-state index in [4.69, 9.17) is 4.42 Å². The molecule has 1 heteroatoms. The Balaban J connectivity index is 1.21. The zero-order valence-corrected chi connectivity index (χ0v) is 23.3. The summed E-state index contributed by atoms with van der Waals surface area (Å²) in [6.45, 7) is 0. The molecule has 9 aromatic rings. The molecule has 198 valence electrons. The van der Waals surface area contributed by atoms with Gasteiger partial charge in [0, 0.05) is 10.8 Å². The maximum atomic E-state index is 6.60. The van der Waals surface area contributed by atoms with Crippen molar-refractivity contribution < 1.29 is 4.42 Å². The van der Waals surface area contributed by atoms with Crippen LogP contribution in [0.1, 0.15) is 0 Å². The van der Waals surface area contributed by atoms with Crippen molar-refractivity contribution in [2.45, 2.75) is 0 Å². The smallest absolute Gasteiger partial charge is 0.136 e. The molecule has 0 aliphatic heterocycles. The second-order valence-corrected chi connectivity index (χ2v) is 11.6. The van der Waals surface area contributed by atoms with Crippen molar-refractivity contribution in [3.05, 3.63) is 146 Å². The summed E-state index contributed by atoms with van der Waals surface area (Å²) in [5, 5.41) is 10.0. The van der Waals surface area contributed by atoms with Gasteiger partial charge in [-0.05, 0) is 101 Å². The molecule has 0 unspecified atom stereocenters. The topological polar surface area (TPSA) is 13.1 Å². The van der Waals surface area contributed by atoms with Crippen LogP contribution < -0.4 is 0 Å². The summed E-state index contributed by atoms with van der Waals surface area (Å²) in [4.78, 5) is 0. The normalized spacial score (nSPS) is 12.2. The number of fused-ring (bicyclic) bond motifs is 9. The summed E-state index contributed by atoms with van der Waals surface area (Å²) >= 11 is 0. The summed E-state index contributed by atoms with van der Waals surface area (Å²) in [6.07, 6.45) is 0. The van der Waals surface area contributed by atoms with E-state index in [1.807, 2.05) is 0 Å². The monoisotopic (exact) mass is 544 g/mol. The van der Waals surface area contributed by atoms with Crippen LogP contribution in [0.5, 0.6) is 0 Å². The first-order valence-corrected chi connectivity index (χ1v) is 14.9. The van der Waals surface area contributed by atoms with Gasteiger partial charge in [-0.3, -0.25) is 0 Å². The van der Waals surface area contributed by atoms with E-state index in [0.29, 0.717) is 0 Å². The average Bonchev–Trinajstić information content (AvgIpc) is 3.61. The van der Waals surface area contributed by atoms with Crippen molar-refractivity contribution in [1.82, 2.24) is 0 Å². The average molecular weight is 545 g/mol. The number of furan rings is 1. The molecule has 0 saturated heterocycles. The highest BCUT2D eigenvalue weighted by molar-refractivity contribution is 6.22. The third kappa shape index (κ3) is 3.11. The zero-order valence-electron chi connectivity index (χ0n) is 23.3. The number of hydrogen-bond acceptors (Lipinski definition) is 1. The molecule has 1 nitrogen and oxygen atoms in total. The van der Waals surface area contributed by atoms with Crippen LogP contribution in [0.4, 0.5) is 0 Å². The second kappa shape index (κ2) is 8.44. The lowest BCUT2D eigenvalue weighted by Crippen LogP contribution is -1.85. The molecule has 10 rings (SSSR count). The Morgan fingerprint density at radius 2 is 0.930 bits per heavy atom. The molecule has 1 aliphatic rings. The van der Waals surface area contributed by atoms with Gasteiger partial charge in [-0.2, -0.15) is 0 Å². The van der Waals surface area contributed by atoms with Crippen molar-refractivity contribution in [2.24, 2.45) is 0 Å². The van der Waals surface area contributed by atoms with Crippen LogP contribution in [0.2, 0.25) is 0 Å². The summed E-state index contributed by atoms with van der Waals surface area (Å²) in [6, 6.07) is 52.9. The van der Waals surface area contributed by atoms with Crippen molar-refractivity contribution in [2.75, 3.05) is 0 Å². The van der Waals surface area contributed by atoms with E-state index in [0.717, 1.165) is 22.1 Å². The predicted octanol–water partition coefficient (Wildman–Crippen LogP) is 12.0. The minimum atomic E-state index is 0.913. The summed E-state index contributed by atoms with van der Waals surface area (Å²) in [7, 11) is 0. The van der Waals surface area contributed by atoms with Crippen LogP contribution >= 0.6 is 0 Å². The Bertz CT molecular complexity index is 2590. The van der Waals surface area contributed by atoms with E-state index in [2.05, 4.69) is 146 Å². The molecule has 8 aromatic carbocycles. The van der Waals surface area contributed by atoms with Crippen molar-refractivity contribution in [1.29, 1.82) is 0 Å². The molecule has 1 aliphatic carbocycles. The Hall–Kier alpha value is -5.66. The van der Waals surface area contributed by atoms with Crippen LogP contribution in [-0.2, 0) is 0 Å². The highest BCUT2D eigenvalue weighted by atomic mass is 16.3. The molecule has 0 spiro atoms. The first-order chi connectivity index (χ1) is 21.3. The fraction of sp³-hybridized carbons (Fsp3) is 0. The van der Waals surface area contributed by atoms with Gasteiger partial charge in [0.25, 0.3) is 0 Å². The van der Waals surface area contributed by atoms with E-state index in [1.165, 1.54) is 76.6 Å². The molecule has 43 heavy (non-hydrogen) atoms. The molecule has 0 bridgehead atoms. The fourth-order valence-corrected chi connectivity index (χ4v) is 7.55. The van der Waals surface area contributed by atoms with Crippen LogP contribution in [0.3, 0.4) is 0 Å². The Morgan fingerprint density at radius 1 is 0.302 bits per heavy atom. The predicted molar refractivity (Wildman–Crippen MR) is 182 cm³/mol. The van der Waals surface area contributed by atoms with E-state index in [1.54, 1.807) is 0 Å². The lowest BCUT2D eigenvalue weighted by atomic mass is 9.91. The summed E-state index contributed by atoms with van der Waals surface area (Å²) in [5.74, 6) is 0. The number of hydrogen-bond donors (Lipinski definition) is 0. The quantitative estimate of drug-likeness (QED) is 0.197. The van der Waals surface area contributed by atoms with Gasteiger partial charge in [-0.15, -0.1) is 0 Å². The molecular weight excluding hydrogens is 520 g/mol. The van der Waals surface area contributed by atoms with Gasteiger partial charge >= 0.3 is 0 Å². The minimum absolute atomic E-state index is 0.913. The highest BCUT2D eigenvalue weighted by Gasteiger charge is 2.23. The van der Waals surface area contributed by atoms with Crippen LogP contribution in [0.25, 0.3) is 98.8 Å².